The molecule has 0 bridgehead atoms. The second kappa shape index (κ2) is 6.37. The van der Waals surface area contributed by atoms with E-state index in [1.54, 1.807) is 17.0 Å². The van der Waals surface area contributed by atoms with Crippen LogP contribution >= 0.6 is 0 Å². The molecule has 0 saturated carbocycles. The van der Waals surface area contributed by atoms with Crippen molar-refractivity contribution in [1.82, 2.24) is 9.80 Å². The molecule has 1 aromatic rings. The molecule has 5 nitrogen and oxygen atoms in total. The van der Waals surface area contributed by atoms with Crippen LogP contribution in [0.4, 0.5) is 13.2 Å². The van der Waals surface area contributed by atoms with Crippen LogP contribution in [0, 0.1) is 5.82 Å². The molecule has 0 aliphatic carbocycles. The predicted octanol–water partition coefficient (Wildman–Crippen LogP) is 1.98. The Morgan fingerprint density at radius 3 is 2.70 bits per heavy atom. The minimum absolute atomic E-state index is 0.103. The number of nitrogens with zero attached hydrogens (tertiary/aromatic N) is 3. The fourth-order valence-corrected chi connectivity index (χ4v) is 2.80. The summed E-state index contributed by atoms with van der Waals surface area (Å²) in [7, 11) is 0. The Bertz CT molecular complexity index is 580. The molecular weight excluding hydrogens is 311 g/mol. The summed E-state index contributed by atoms with van der Waals surface area (Å²) in [4.78, 5) is 7.92. The zero-order chi connectivity index (χ0) is 16.4. The highest BCUT2D eigenvalue weighted by Gasteiger charge is 2.37. The standard InChI is InChI=1S/C15H18F3N3O2/c16-12-4-2-11(3-5-12)8-21-13(19-23-14(21)22)9-20-7-1-6-15(17,18)10-20/h2-5,14,22H,1,6-10H2. The maximum atomic E-state index is 13.5. The quantitative estimate of drug-likeness (QED) is 0.918. The smallest absolute Gasteiger partial charge is 0.307 e. The zero-order valence-electron chi connectivity index (χ0n) is 12.5. The van der Waals surface area contributed by atoms with Gasteiger partial charge in [-0.3, -0.25) is 9.80 Å². The Morgan fingerprint density at radius 1 is 1.26 bits per heavy atom. The molecule has 0 spiro atoms. The van der Waals surface area contributed by atoms with E-state index in [1.165, 1.54) is 17.0 Å². The normalized spacial score (nSPS) is 24.4. The van der Waals surface area contributed by atoms with Gasteiger partial charge in [-0.05, 0) is 30.7 Å². The summed E-state index contributed by atoms with van der Waals surface area (Å²) in [5, 5.41) is 13.6. The Kier molecular flexibility index (Phi) is 4.45. The number of aliphatic hydroxyl groups excluding tert-OH is 1. The van der Waals surface area contributed by atoms with Gasteiger partial charge in [0.25, 0.3) is 5.92 Å². The minimum atomic E-state index is -2.70. The van der Waals surface area contributed by atoms with Crippen LogP contribution in [0.25, 0.3) is 0 Å². The molecule has 0 aromatic heterocycles. The second-order valence-electron chi connectivity index (χ2n) is 5.86. The lowest BCUT2D eigenvalue weighted by atomic mass is 10.1. The number of likely N-dealkylation sites (tertiary alicyclic amines) is 1. The molecule has 3 rings (SSSR count). The van der Waals surface area contributed by atoms with Crippen molar-refractivity contribution in [2.75, 3.05) is 19.6 Å². The second-order valence-corrected chi connectivity index (χ2v) is 5.86. The molecule has 0 radical (unpaired) electrons. The van der Waals surface area contributed by atoms with E-state index in [4.69, 9.17) is 4.84 Å². The highest BCUT2D eigenvalue weighted by atomic mass is 19.3. The molecule has 1 saturated heterocycles. The van der Waals surface area contributed by atoms with Crippen molar-refractivity contribution in [3.63, 3.8) is 0 Å². The number of piperidine rings is 1. The van der Waals surface area contributed by atoms with Crippen LogP contribution in [-0.2, 0) is 11.4 Å². The fourth-order valence-electron chi connectivity index (χ4n) is 2.80. The Hall–Kier alpha value is -1.80. The molecule has 2 aliphatic heterocycles. The topological polar surface area (TPSA) is 48.3 Å². The average molecular weight is 329 g/mol. The van der Waals surface area contributed by atoms with E-state index < -0.39 is 12.3 Å². The van der Waals surface area contributed by atoms with Crippen molar-refractivity contribution >= 4 is 5.84 Å². The zero-order valence-corrected chi connectivity index (χ0v) is 12.5. The van der Waals surface area contributed by atoms with Crippen molar-refractivity contribution < 1.29 is 23.1 Å². The molecule has 1 aromatic carbocycles. The van der Waals surface area contributed by atoms with Gasteiger partial charge in [0.2, 0.25) is 0 Å². The van der Waals surface area contributed by atoms with E-state index in [0.717, 1.165) is 5.56 Å². The molecular formula is C15H18F3N3O2. The van der Waals surface area contributed by atoms with E-state index >= 15 is 0 Å². The number of hydrogen-bond donors (Lipinski definition) is 1. The third-order valence-corrected chi connectivity index (χ3v) is 3.95. The molecule has 23 heavy (non-hydrogen) atoms. The molecule has 2 heterocycles. The number of oxime groups is 1. The van der Waals surface area contributed by atoms with Crippen molar-refractivity contribution in [2.45, 2.75) is 31.7 Å². The van der Waals surface area contributed by atoms with Crippen LogP contribution in [-0.4, -0.2) is 52.7 Å². The molecule has 1 atom stereocenters. The lowest BCUT2D eigenvalue weighted by Crippen LogP contribution is -2.48. The van der Waals surface area contributed by atoms with Crippen molar-refractivity contribution in [3.8, 4) is 0 Å². The van der Waals surface area contributed by atoms with Crippen molar-refractivity contribution in [2.24, 2.45) is 5.16 Å². The van der Waals surface area contributed by atoms with Gasteiger partial charge in [0.15, 0.2) is 5.84 Å². The van der Waals surface area contributed by atoms with E-state index in [9.17, 15) is 18.3 Å². The Labute approximate surface area is 131 Å². The van der Waals surface area contributed by atoms with Gasteiger partial charge in [-0.15, -0.1) is 0 Å². The lowest BCUT2D eigenvalue weighted by Gasteiger charge is -2.33. The van der Waals surface area contributed by atoms with Crippen LogP contribution in [0.5, 0.6) is 0 Å². The maximum Gasteiger partial charge on any atom is 0.307 e. The number of benzene rings is 1. The van der Waals surface area contributed by atoms with E-state index in [-0.39, 0.29) is 31.9 Å². The number of hydrogen-bond acceptors (Lipinski definition) is 5. The summed E-state index contributed by atoms with van der Waals surface area (Å²) in [6.45, 7) is 0.653. The highest BCUT2D eigenvalue weighted by molar-refractivity contribution is 5.84. The summed E-state index contributed by atoms with van der Waals surface area (Å²) in [6, 6.07) is 5.82. The van der Waals surface area contributed by atoms with E-state index in [1.807, 2.05) is 0 Å². The average Bonchev–Trinajstić information content (AvgIpc) is 2.81. The molecule has 0 amide bonds. The van der Waals surface area contributed by atoms with Crippen molar-refractivity contribution in [1.29, 1.82) is 0 Å². The van der Waals surface area contributed by atoms with Crippen molar-refractivity contribution in [3.05, 3.63) is 35.6 Å². The van der Waals surface area contributed by atoms with Gasteiger partial charge in [-0.25, -0.2) is 13.2 Å². The Balaban J connectivity index is 1.65. The monoisotopic (exact) mass is 329 g/mol. The number of aliphatic hydroxyl groups is 1. The van der Waals surface area contributed by atoms with Crippen LogP contribution in [0.3, 0.4) is 0 Å². The van der Waals surface area contributed by atoms with Gasteiger partial charge in [0.1, 0.15) is 5.82 Å². The van der Waals surface area contributed by atoms with Gasteiger partial charge < -0.3 is 9.94 Å². The van der Waals surface area contributed by atoms with Gasteiger partial charge in [-0.2, -0.15) is 0 Å². The first-order valence-corrected chi connectivity index (χ1v) is 7.45. The summed E-state index contributed by atoms with van der Waals surface area (Å²) >= 11 is 0. The SMILES string of the molecule is OC1ON=C(CN2CCCC(F)(F)C2)N1Cc1ccc(F)cc1. The highest BCUT2D eigenvalue weighted by Crippen LogP contribution is 2.27. The van der Waals surface area contributed by atoms with Gasteiger partial charge >= 0.3 is 6.41 Å². The molecule has 1 fully saturated rings. The molecule has 126 valence electrons. The number of rotatable bonds is 4. The summed E-state index contributed by atoms with van der Waals surface area (Å²) in [6.07, 6.45) is -0.948. The Morgan fingerprint density at radius 2 is 2.00 bits per heavy atom. The summed E-state index contributed by atoms with van der Waals surface area (Å²) < 4.78 is 39.9. The van der Waals surface area contributed by atoms with E-state index in [0.29, 0.717) is 18.8 Å². The van der Waals surface area contributed by atoms with Crippen LogP contribution < -0.4 is 0 Å². The van der Waals surface area contributed by atoms with Gasteiger partial charge in [0.05, 0.1) is 19.6 Å². The van der Waals surface area contributed by atoms with Gasteiger partial charge in [0, 0.05) is 6.42 Å². The largest absolute Gasteiger partial charge is 0.340 e. The first-order chi connectivity index (χ1) is 10.9. The van der Waals surface area contributed by atoms with Crippen LogP contribution in [0.1, 0.15) is 18.4 Å². The molecule has 2 aliphatic rings. The third-order valence-electron chi connectivity index (χ3n) is 3.95. The van der Waals surface area contributed by atoms with Crippen LogP contribution in [0.15, 0.2) is 29.4 Å². The number of alkyl halides is 2. The molecule has 1 N–H and O–H groups in total. The number of halogens is 3. The van der Waals surface area contributed by atoms with Gasteiger partial charge in [-0.1, -0.05) is 17.3 Å². The minimum Gasteiger partial charge on any atom is -0.340 e. The first kappa shape index (κ1) is 16.1. The fraction of sp³-hybridized carbons (Fsp3) is 0.533. The summed E-state index contributed by atoms with van der Waals surface area (Å²) in [5.41, 5.74) is 0.757. The third kappa shape index (κ3) is 3.94. The molecule has 8 heteroatoms. The number of amidine groups is 1. The van der Waals surface area contributed by atoms with E-state index in [2.05, 4.69) is 5.16 Å². The molecule has 1 unspecified atom stereocenters. The lowest BCUT2D eigenvalue weighted by molar-refractivity contribution is -0.148. The predicted molar refractivity (Wildman–Crippen MR) is 77.1 cm³/mol. The first-order valence-electron chi connectivity index (χ1n) is 7.45. The summed E-state index contributed by atoms with van der Waals surface area (Å²) in [5.74, 6) is -2.66. The van der Waals surface area contributed by atoms with Crippen LogP contribution in [0.2, 0.25) is 0 Å². The maximum absolute atomic E-state index is 13.5.